The average Bonchev–Trinajstić information content (AvgIpc) is 3.22. The Labute approximate surface area is 137 Å². The maximum Gasteiger partial charge on any atom is 0.308 e. The van der Waals surface area contributed by atoms with Gasteiger partial charge in [0.2, 0.25) is 5.95 Å². The summed E-state index contributed by atoms with van der Waals surface area (Å²) in [5, 5.41) is 10.2. The number of nitrogen functional groups attached to an aromatic ring is 1. The Morgan fingerprint density at radius 1 is 1.33 bits per heavy atom. The van der Waals surface area contributed by atoms with Gasteiger partial charge >= 0.3 is 5.97 Å². The number of aliphatic carboxylic acids is 1. The van der Waals surface area contributed by atoms with E-state index in [9.17, 15) is 9.90 Å². The van der Waals surface area contributed by atoms with Gasteiger partial charge in [0, 0.05) is 37.2 Å². The molecule has 4 N–H and O–H groups in total. The lowest BCUT2D eigenvalue weighted by molar-refractivity contribution is -0.140. The summed E-state index contributed by atoms with van der Waals surface area (Å²) in [4.78, 5) is 29.0. The molecule has 0 saturated carbocycles. The zero-order chi connectivity index (χ0) is 16.7. The van der Waals surface area contributed by atoms with Crippen LogP contribution in [0.4, 0.5) is 11.6 Å². The zero-order valence-electron chi connectivity index (χ0n) is 12.8. The first-order valence-electron chi connectivity index (χ1n) is 7.66. The van der Waals surface area contributed by atoms with E-state index in [1.54, 1.807) is 18.5 Å². The summed E-state index contributed by atoms with van der Waals surface area (Å²) in [6.07, 6.45) is 5.82. The highest BCUT2D eigenvalue weighted by atomic mass is 16.4. The molecule has 122 valence electrons. The zero-order valence-corrected chi connectivity index (χ0v) is 12.8. The van der Waals surface area contributed by atoms with Crippen LogP contribution in [0.15, 0.2) is 30.7 Å². The van der Waals surface area contributed by atoms with E-state index in [2.05, 4.69) is 24.8 Å². The molecule has 8 heteroatoms. The van der Waals surface area contributed by atoms with Crippen molar-refractivity contribution in [3.8, 4) is 11.3 Å². The molecule has 1 saturated heterocycles. The first-order chi connectivity index (χ1) is 11.6. The third kappa shape index (κ3) is 2.32. The van der Waals surface area contributed by atoms with Crippen molar-refractivity contribution in [2.75, 3.05) is 23.7 Å². The molecule has 3 aromatic rings. The Morgan fingerprint density at radius 2 is 2.17 bits per heavy atom. The van der Waals surface area contributed by atoms with Gasteiger partial charge in [0.05, 0.1) is 22.7 Å². The molecule has 0 unspecified atom stereocenters. The summed E-state index contributed by atoms with van der Waals surface area (Å²) < 4.78 is 0. The second-order valence-electron chi connectivity index (χ2n) is 5.83. The highest BCUT2D eigenvalue weighted by Gasteiger charge is 2.29. The second-order valence-corrected chi connectivity index (χ2v) is 5.83. The van der Waals surface area contributed by atoms with E-state index in [-0.39, 0.29) is 11.9 Å². The Hall–Kier alpha value is -3.16. The summed E-state index contributed by atoms with van der Waals surface area (Å²) in [6, 6.07) is 3.70. The van der Waals surface area contributed by atoms with E-state index in [0.29, 0.717) is 25.2 Å². The first kappa shape index (κ1) is 14.4. The lowest BCUT2D eigenvalue weighted by Gasteiger charge is -2.19. The Balaban J connectivity index is 1.82. The number of H-pyrrole nitrogens is 1. The molecule has 1 atom stereocenters. The van der Waals surface area contributed by atoms with Crippen LogP contribution in [0.3, 0.4) is 0 Å². The highest BCUT2D eigenvalue weighted by molar-refractivity contribution is 6.02. The number of hydrogen-bond acceptors (Lipinski definition) is 6. The monoisotopic (exact) mass is 324 g/mol. The lowest BCUT2D eigenvalue weighted by Crippen LogP contribution is -2.22. The average molecular weight is 324 g/mol. The fraction of sp³-hybridized carbons (Fsp3) is 0.250. The van der Waals surface area contributed by atoms with E-state index in [4.69, 9.17) is 5.73 Å². The topological polar surface area (TPSA) is 121 Å². The Kier molecular flexibility index (Phi) is 3.30. The van der Waals surface area contributed by atoms with Gasteiger partial charge in [0.1, 0.15) is 5.65 Å². The number of aromatic nitrogens is 4. The molecular formula is C16H16N6O2. The predicted octanol–water partition coefficient (Wildman–Crippen LogP) is 1.51. The summed E-state index contributed by atoms with van der Waals surface area (Å²) in [5.41, 5.74) is 8.97. The number of aromatic amines is 1. The number of anilines is 2. The molecule has 4 rings (SSSR count). The summed E-state index contributed by atoms with van der Waals surface area (Å²) >= 11 is 0. The number of carbonyl (C=O) groups is 1. The lowest BCUT2D eigenvalue weighted by atomic mass is 10.1. The van der Waals surface area contributed by atoms with Crippen LogP contribution in [-0.2, 0) is 4.79 Å². The summed E-state index contributed by atoms with van der Waals surface area (Å²) in [7, 11) is 0. The van der Waals surface area contributed by atoms with Crippen LogP contribution >= 0.6 is 0 Å². The van der Waals surface area contributed by atoms with Crippen molar-refractivity contribution in [2.45, 2.75) is 6.42 Å². The number of rotatable bonds is 3. The van der Waals surface area contributed by atoms with Crippen molar-refractivity contribution < 1.29 is 9.90 Å². The van der Waals surface area contributed by atoms with Crippen LogP contribution in [0.2, 0.25) is 0 Å². The first-order valence-corrected chi connectivity index (χ1v) is 7.66. The molecule has 1 aliphatic rings. The molecule has 0 amide bonds. The second kappa shape index (κ2) is 5.48. The van der Waals surface area contributed by atoms with Gasteiger partial charge in [0.25, 0.3) is 0 Å². The van der Waals surface area contributed by atoms with Crippen LogP contribution in [0.1, 0.15) is 6.42 Å². The van der Waals surface area contributed by atoms with E-state index in [1.165, 1.54) is 0 Å². The van der Waals surface area contributed by atoms with Crippen molar-refractivity contribution >= 4 is 28.6 Å². The van der Waals surface area contributed by atoms with Crippen LogP contribution < -0.4 is 10.6 Å². The van der Waals surface area contributed by atoms with Crippen molar-refractivity contribution in [1.82, 2.24) is 19.9 Å². The van der Waals surface area contributed by atoms with E-state index in [0.717, 1.165) is 22.3 Å². The SMILES string of the molecule is Nc1nccc(-c2c[nH]c3nccc(N4CC[C@H](C(=O)O)C4)c23)n1. The van der Waals surface area contributed by atoms with Crippen molar-refractivity contribution in [2.24, 2.45) is 5.92 Å². The van der Waals surface area contributed by atoms with Gasteiger partial charge in [-0.05, 0) is 18.6 Å². The molecule has 8 nitrogen and oxygen atoms in total. The van der Waals surface area contributed by atoms with Gasteiger partial charge in [-0.15, -0.1) is 0 Å². The third-order valence-electron chi connectivity index (χ3n) is 4.38. The largest absolute Gasteiger partial charge is 0.481 e. The molecule has 4 heterocycles. The van der Waals surface area contributed by atoms with Gasteiger partial charge < -0.3 is 20.7 Å². The standard InChI is InChI=1S/C16H16N6O2/c17-16-19-4-1-11(21-16)10-7-20-14-13(10)12(2-5-18-14)22-6-3-9(8-22)15(23)24/h1-2,4-5,7,9H,3,6,8H2,(H,18,20)(H,23,24)(H2,17,19,21)/t9-/m0/s1. The third-order valence-corrected chi connectivity index (χ3v) is 4.38. The summed E-state index contributed by atoms with van der Waals surface area (Å²) in [5.74, 6) is -0.884. The number of hydrogen-bond donors (Lipinski definition) is 3. The minimum Gasteiger partial charge on any atom is -0.481 e. The highest BCUT2D eigenvalue weighted by Crippen LogP contribution is 2.36. The number of nitrogens with one attached hydrogen (secondary N) is 1. The van der Waals surface area contributed by atoms with Gasteiger partial charge in [-0.1, -0.05) is 0 Å². The fourth-order valence-corrected chi connectivity index (χ4v) is 3.21. The number of pyridine rings is 1. The van der Waals surface area contributed by atoms with E-state index in [1.807, 2.05) is 12.3 Å². The Bertz CT molecular complexity index is 922. The number of fused-ring (bicyclic) bond motifs is 1. The summed E-state index contributed by atoms with van der Waals surface area (Å²) in [6.45, 7) is 1.19. The van der Waals surface area contributed by atoms with Gasteiger partial charge in [0.15, 0.2) is 0 Å². The minimum absolute atomic E-state index is 0.208. The molecule has 0 bridgehead atoms. The molecule has 3 aromatic heterocycles. The van der Waals surface area contributed by atoms with Crippen LogP contribution in [0.5, 0.6) is 0 Å². The van der Waals surface area contributed by atoms with Gasteiger partial charge in [-0.2, -0.15) is 0 Å². The number of nitrogens with two attached hydrogens (primary N) is 1. The van der Waals surface area contributed by atoms with Crippen molar-refractivity contribution in [1.29, 1.82) is 0 Å². The fourth-order valence-electron chi connectivity index (χ4n) is 3.21. The Morgan fingerprint density at radius 3 is 2.92 bits per heavy atom. The molecule has 0 radical (unpaired) electrons. The molecule has 1 aliphatic heterocycles. The van der Waals surface area contributed by atoms with E-state index < -0.39 is 5.97 Å². The normalized spacial score (nSPS) is 17.5. The van der Waals surface area contributed by atoms with Crippen LogP contribution in [0, 0.1) is 5.92 Å². The molecule has 0 aromatic carbocycles. The number of carboxylic acid groups (broad SMARTS) is 1. The van der Waals surface area contributed by atoms with Gasteiger partial charge in [-0.3, -0.25) is 4.79 Å². The predicted molar refractivity (Wildman–Crippen MR) is 89.5 cm³/mol. The number of carboxylic acids is 1. The minimum atomic E-state index is -0.749. The van der Waals surface area contributed by atoms with Crippen molar-refractivity contribution in [3.63, 3.8) is 0 Å². The number of nitrogens with zero attached hydrogens (tertiary/aromatic N) is 4. The molecule has 0 aliphatic carbocycles. The maximum absolute atomic E-state index is 11.2. The van der Waals surface area contributed by atoms with Crippen molar-refractivity contribution in [3.05, 3.63) is 30.7 Å². The molecule has 24 heavy (non-hydrogen) atoms. The van der Waals surface area contributed by atoms with Crippen LogP contribution in [-0.4, -0.2) is 44.1 Å². The molecular weight excluding hydrogens is 308 g/mol. The quantitative estimate of drug-likeness (QED) is 0.667. The van der Waals surface area contributed by atoms with E-state index >= 15 is 0 Å². The smallest absolute Gasteiger partial charge is 0.308 e. The van der Waals surface area contributed by atoms with Gasteiger partial charge in [-0.25, -0.2) is 15.0 Å². The van der Waals surface area contributed by atoms with Crippen LogP contribution in [0.25, 0.3) is 22.3 Å². The molecule has 0 spiro atoms. The molecule has 1 fully saturated rings. The maximum atomic E-state index is 11.2.